The van der Waals surface area contributed by atoms with E-state index in [2.05, 4.69) is 25.2 Å². The van der Waals surface area contributed by atoms with Gasteiger partial charge in [-0.3, -0.25) is 14.7 Å². The summed E-state index contributed by atoms with van der Waals surface area (Å²) in [6.45, 7) is 7.58. The van der Waals surface area contributed by atoms with Gasteiger partial charge in [-0.1, -0.05) is 19.9 Å². The van der Waals surface area contributed by atoms with Gasteiger partial charge in [0.1, 0.15) is 11.5 Å². The third-order valence-corrected chi connectivity index (χ3v) is 4.43. The van der Waals surface area contributed by atoms with Gasteiger partial charge in [-0.15, -0.1) is 0 Å². The normalized spacial score (nSPS) is 16.4. The Bertz CT molecular complexity index is 717. The molecule has 0 saturated carbocycles. The van der Waals surface area contributed by atoms with Crippen molar-refractivity contribution < 1.29 is 9.53 Å². The molecule has 3 heterocycles. The van der Waals surface area contributed by atoms with E-state index in [0.29, 0.717) is 31.3 Å². The molecule has 7 heteroatoms. The number of nitrogens with one attached hydrogen (secondary N) is 1. The second-order valence-corrected chi connectivity index (χ2v) is 6.62. The molecule has 1 saturated heterocycles. The molecule has 7 nitrogen and oxygen atoms in total. The fourth-order valence-electron chi connectivity index (χ4n) is 2.98. The lowest BCUT2D eigenvalue weighted by atomic mass is 10.1. The summed E-state index contributed by atoms with van der Waals surface area (Å²) in [5.41, 5.74) is 1.48. The minimum atomic E-state index is -0.184. The fourth-order valence-corrected chi connectivity index (χ4v) is 2.98. The van der Waals surface area contributed by atoms with E-state index in [1.165, 1.54) is 0 Å². The Balaban J connectivity index is 1.71. The molecule has 1 aliphatic heterocycles. The standard InChI is InChI=1S/C19H25N5O2/c1-14(2)18-21-7-5-16(23-18)19(25)22-13-17(15-4-3-6-20-12-15)24-8-10-26-11-9-24/h3-7,12,14,17H,8-11,13H2,1-2H3,(H,22,25)/t17-/m0/s1. The molecule has 1 amide bonds. The molecule has 1 N–H and O–H groups in total. The van der Waals surface area contributed by atoms with E-state index >= 15 is 0 Å². The van der Waals surface area contributed by atoms with Gasteiger partial charge in [0.25, 0.3) is 5.91 Å². The van der Waals surface area contributed by atoms with Gasteiger partial charge in [0, 0.05) is 44.1 Å². The van der Waals surface area contributed by atoms with Crippen LogP contribution in [0.15, 0.2) is 36.8 Å². The first-order valence-corrected chi connectivity index (χ1v) is 8.98. The molecule has 2 aromatic heterocycles. The number of morpholine rings is 1. The smallest absolute Gasteiger partial charge is 0.270 e. The lowest BCUT2D eigenvalue weighted by molar-refractivity contribution is 0.0161. The van der Waals surface area contributed by atoms with E-state index in [-0.39, 0.29) is 17.9 Å². The van der Waals surface area contributed by atoms with E-state index in [0.717, 1.165) is 18.7 Å². The van der Waals surface area contributed by atoms with Crippen LogP contribution in [-0.2, 0) is 4.74 Å². The van der Waals surface area contributed by atoms with Crippen LogP contribution in [0.2, 0.25) is 0 Å². The maximum absolute atomic E-state index is 12.6. The molecule has 1 atom stereocenters. The van der Waals surface area contributed by atoms with Gasteiger partial charge in [-0.2, -0.15) is 0 Å². The molecule has 0 aliphatic carbocycles. The van der Waals surface area contributed by atoms with Crippen LogP contribution >= 0.6 is 0 Å². The van der Waals surface area contributed by atoms with Crippen LogP contribution in [-0.4, -0.2) is 58.6 Å². The predicted molar refractivity (Wildman–Crippen MR) is 97.8 cm³/mol. The van der Waals surface area contributed by atoms with Gasteiger partial charge in [0.05, 0.1) is 19.3 Å². The molecule has 1 fully saturated rings. The number of nitrogens with zero attached hydrogens (tertiary/aromatic N) is 4. The number of carbonyl (C=O) groups is 1. The van der Waals surface area contributed by atoms with Crippen LogP contribution < -0.4 is 5.32 Å². The van der Waals surface area contributed by atoms with Crippen LogP contribution in [0.1, 0.15) is 47.7 Å². The van der Waals surface area contributed by atoms with Crippen LogP contribution in [0.3, 0.4) is 0 Å². The largest absolute Gasteiger partial charge is 0.379 e. The van der Waals surface area contributed by atoms with Crippen molar-refractivity contribution in [2.24, 2.45) is 0 Å². The highest BCUT2D eigenvalue weighted by Crippen LogP contribution is 2.20. The molecule has 138 valence electrons. The topological polar surface area (TPSA) is 80.2 Å². The van der Waals surface area contributed by atoms with E-state index in [4.69, 9.17) is 4.74 Å². The first-order valence-electron chi connectivity index (χ1n) is 8.98. The number of amides is 1. The lowest BCUT2D eigenvalue weighted by Gasteiger charge is -2.34. The van der Waals surface area contributed by atoms with Gasteiger partial charge in [-0.25, -0.2) is 9.97 Å². The van der Waals surface area contributed by atoms with Gasteiger partial charge >= 0.3 is 0 Å². The molecule has 0 bridgehead atoms. The predicted octanol–water partition coefficient (Wildman–Crippen LogP) is 1.80. The Kier molecular flexibility index (Phi) is 6.25. The minimum absolute atomic E-state index is 0.0583. The third-order valence-electron chi connectivity index (χ3n) is 4.43. The van der Waals surface area contributed by atoms with E-state index in [9.17, 15) is 4.79 Å². The zero-order valence-corrected chi connectivity index (χ0v) is 15.3. The summed E-state index contributed by atoms with van der Waals surface area (Å²) in [6.07, 6.45) is 5.25. The van der Waals surface area contributed by atoms with Crippen molar-refractivity contribution >= 4 is 5.91 Å². The molecular weight excluding hydrogens is 330 g/mol. The third kappa shape index (κ3) is 4.62. The summed E-state index contributed by atoms with van der Waals surface area (Å²) in [6, 6.07) is 5.67. The van der Waals surface area contributed by atoms with E-state index < -0.39 is 0 Å². The molecule has 0 spiro atoms. The van der Waals surface area contributed by atoms with Crippen molar-refractivity contribution in [1.29, 1.82) is 0 Å². The lowest BCUT2D eigenvalue weighted by Crippen LogP contribution is -2.44. The van der Waals surface area contributed by atoms with Gasteiger partial charge in [0.2, 0.25) is 0 Å². The van der Waals surface area contributed by atoms with Crippen molar-refractivity contribution in [3.63, 3.8) is 0 Å². The van der Waals surface area contributed by atoms with E-state index in [1.807, 2.05) is 32.2 Å². The molecule has 26 heavy (non-hydrogen) atoms. The Morgan fingerprint density at radius 3 is 2.77 bits per heavy atom. The maximum atomic E-state index is 12.6. The van der Waals surface area contributed by atoms with Crippen molar-refractivity contribution in [1.82, 2.24) is 25.2 Å². The van der Waals surface area contributed by atoms with Crippen molar-refractivity contribution in [3.05, 3.63) is 53.9 Å². The average Bonchev–Trinajstić information content (AvgIpc) is 2.69. The quantitative estimate of drug-likeness (QED) is 0.851. The summed E-state index contributed by atoms with van der Waals surface area (Å²) in [5.74, 6) is 0.672. The summed E-state index contributed by atoms with van der Waals surface area (Å²) in [7, 11) is 0. The summed E-state index contributed by atoms with van der Waals surface area (Å²) in [5, 5.41) is 3.02. The minimum Gasteiger partial charge on any atom is -0.379 e. The maximum Gasteiger partial charge on any atom is 0.270 e. The first kappa shape index (κ1) is 18.4. The number of aromatic nitrogens is 3. The number of rotatable bonds is 6. The number of pyridine rings is 1. The van der Waals surface area contributed by atoms with Crippen molar-refractivity contribution in [2.45, 2.75) is 25.8 Å². The highest BCUT2D eigenvalue weighted by atomic mass is 16.5. The SMILES string of the molecule is CC(C)c1nccc(C(=O)NC[C@@H](c2cccnc2)N2CCOCC2)n1. The molecule has 1 aliphatic rings. The average molecular weight is 355 g/mol. The summed E-state index contributed by atoms with van der Waals surface area (Å²) in [4.78, 5) is 27.7. The Morgan fingerprint density at radius 1 is 1.27 bits per heavy atom. The molecule has 0 unspecified atom stereocenters. The summed E-state index contributed by atoms with van der Waals surface area (Å²) >= 11 is 0. The summed E-state index contributed by atoms with van der Waals surface area (Å²) < 4.78 is 5.45. The monoisotopic (exact) mass is 355 g/mol. The first-order chi connectivity index (χ1) is 12.6. The number of hydrogen-bond acceptors (Lipinski definition) is 6. The van der Waals surface area contributed by atoms with Crippen LogP contribution in [0.25, 0.3) is 0 Å². The molecule has 3 rings (SSSR count). The Labute approximate surface area is 153 Å². The molecule has 2 aromatic rings. The van der Waals surface area contributed by atoms with Crippen molar-refractivity contribution in [3.8, 4) is 0 Å². The number of carbonyl (C=O) groups excluding carboxylic acids is 1. The molecular formula is C19H25N5O2. The van der Waals surface area contributed by atoms with Crippen LogP contribution in [0, 0.1) is 0 Å². The molecule has 0 radical (unpaired) electrons. The van der Waals surface area contributed by atoms with Crippen LogP contribution in [0.4, 0.5) is 0 Å². The Morgan fingerprint density at radius 2 is 2.08 bits per heavy atom. The van der Waals surface area contributed by atoms with Crippen molar-refractivity contribution in [2.75, 3.05) is 32.8 Å². The number of ether oxygens (including phenoxy) is 1. The van der Waals surface area contributed by atoms with Gasteiger partial charge in [-0.05, 0) is 17.7 Å². The second-order valence-electron chi connectivity index (χ2n) is 6.62. The fraction of sp³-hybridized carbons (Fsp3) is 0.474. The number of hydrogen-bond donors (Lipinski definition) is 1. The Hall–Kier alpha value is -2.38. The van der Waals surface area contributed by atoms with E-state index in [1.54, 1.807) is 18.5 Å². The second kappa shape index (κ2) is 8.82. The molecule has 0 aromatic carbocycles. The highest BCUT2D eigenvalue weighted by Gasteiger charge is 2.23. The van der Waals surface area contributed by atoms with Crippen LogP contribution in [0.5, 0.6) is 0 Å². The zero-order chi connectivity index (χ0) is 18.4. The van der Waals surface area contributed by atoms with Gasteiger partial charge in [0.15, 0.2) is 0 Å². The van der Waals surface area contributed by atoms with Gasteiger partial charge < -0.3 is 10.1 Å². The zero-order valence-electron chi connectivity index (χ0n) is 15.3. The highest BCUT2D eigenvalue weighted by molar-refractivity contribution is 5.92.